The third kappa shape index (κ3) is 3.93. The Bertz CT molecular complexity index is 554. The average molecular weight is 339 g/mol. The van der Waals surface area contributed by atoms with Gasteiger partial charge in [0.1, 0.15) is 22.4 Å². The molecular formula is C13H19BrN6. The molecule has 0 aliphatic carbocycles. The maximum absolute atomic E-state index is 4.34. The van der Waals surface area contributed by atoms with Crippen molar-refractivity contribution in [3.05, 3.63) is 28.8 Å². The van der Waals surface area contributed by atoms with Crippen LogP contribution in [0.2, 0.25) is 0 Å². The molecule has 0 saturated heterocycles. The molecular weight excluding hydrogens is 320 g/mol. The van der Waals surface area contributed by atoms with E-state index in [-0.39, 0.29) is 0 Å². The lowest BCUT2D eigenvalue weighted by Crippen LogP contribution is -2.10. The molecule has 2 heterocycles. The molecule has 0 saturated carbocycles. The fraction of sp³-hybridized carbons (Fsp3) is 0.462. The van der Waals surface area contributed by atoms with Crippen LogP contribution in [0.5, 0.6) is 0 Å². The van der Waals surface area contributed by atoms with Crippen molar-refractivity contribution >= 4 is 27.6 Å². The van der Waals surface area contributed by atoms with Gasteiger partial charge in [-0.1, -0.05) is 6.92 Å². The number of nitrogens with zero attached hydrogens (tertiary/aromatic N) is 4. The Labute approximate surface area is 127 Å². The highest BCUT2D eigenvalue weighted by Crippen LogP contribution is 2.26. The molecule has 0 atom stereocenters. The highest BCUT2D eigenvalue weighted by atomic mass is 79.9. The van der Waals surface area contributed by atoms with Crippen molar-refractivity contribution in [2.75, 3.05) is 23.7 Å². The van der Waals surface area contributed by atoms with Crippen LogP contribution in [-0.2, 0) is 13.5 Å². The van der Waals surface area contributed by atoms with Crippen LogP contribution < -0.4 is 10.6 Å². The van der Waals surface area contributed by atoms with E-state index in [0.717, 1.165) is 47.7 Å². The van der Waals surface area contributed by atoms with E-state index in [1.54, 1.807) is 6.33 Å². The molecule has 0 aromatic carbocycles. The van der Waals surface area contributed by atoms with E-state index in [1.807, 2.05) is 24.0 Å². The minimum Gasteiger partial charge on any atom is -0.369 e. The average Bonchev–Trinajstić information content (AvgIpc) is 2.85. The summed E-state index contributed by atoms with van der Waals surface area (Å²) in [6.07, 6.45) is 5.42. The Kier molecular flexibility index (Phi) is 5.34. The van der Waals surface area contributed by atoms with Crippen LogP contribution in [0.15, 0.2) is 23.1 Å². The smallest absolute Gasteiger partial charge is 0.145 e. The van der Waals surface area contributed by atoms with Gasteiger partial charge in [0.2, 0.25) is 0 Å². The third-order valence-electron chi connectivity index (χ3n) is 2.77. The minimum absolute atomic E-state index is 0.778. The molecule has 0 aliphatic heterocycles. The lowest BCUT2D eigenvalue weighted by atomic mass is 10.3. The lowest BCUT2D eigenvalue weighted by molar-refractivity contribution is 0.742. The fourth-order valence-corrected chi connectivity index (χ4v) is 2.25. The van der Waals surface area contributed by atoms with Crippen LogP contribution in [0.4, 0.5) is 11.6 Å². The van der Waals surface area contributed by atoms with Gasteiger partial charge in [0.25, 0.3) is 0 Å². The number of rotatable bonds is 7. The van der Waals surface area contributed by atoms with Gasteiger partial charge in [-0.25, -0.2) is 9.97 Å². The number of aryl methyl sites for hydroxylation is 1. The van der Waals surface area contributed by atoms with Gasteiger partial charge < -0.3 is 10.6 Å². The highest BCUT2D eigenvalue weighted by molar-refractivity contribution is 9.10. The molecule has 2 rings (SSSR count). The van der Waals surface area contributed by atoms with E-state index in [0.29, 0.717) is 0 Å². The molecule has 20 heavy (non-hydrogen) atoms. The molecule has 0 spiro atoms. The van der Waals surface area contributed by atoms with Gasteiger partial charge in [-0.3, -0.25) is 4.68 Å². The second kappa shape index (κ2) is 7.23. The summed E-state index contributed by atoms with van der Waals surface area (Å²) >= 11 is 3.53. The zero-order chi connectivity index (χ0) is 14.4. The fourth-order valence-electron chi connectivity index (χ4n) is 1.77. The second-order valence-corrected chi connectivity index (χ2v) is 5.26. The molecule has 7 heteroatoms. The van der Waals surface area contributed by atoms with Gasteiger partial charge in [-0.15, -0.1) is 0 Å². The van der Waals surface area contributed by atoms with E-state index in [2.05, 4.69) is 48.6 Å². The zero-order valence-corrected chi connectivity index (χ0v) is 13.3. The van der Waals surface area contributed by atoms with Crippen molar-refractivity contribution in [1.82, 2.24) is 19.7 Å². The summed E-state index contributed by atoms with van der Waals surface area (Å²) in [5.41, 5.74) is 1.06. The molecule has 0 fully saturated rings. The van der Waals surface area contributed by atoms with E-state index >= 15 is 0 Å². The summed E-state index contributed by atoms with van der Waals surface area (Å²) in [7, 11) is 1.92. The van der Waals surface area contributed by atoms with Crippen LogP contribution in [0.3, 0.4) is 0 Å². The summed E-state index contributed by atoms with van der Waals surface area (Å²) in [5.74, 6) is 1.62. The molecule has 2 aromatic rings. The number of halogens is 1. The summed E-state index contributed by atoms with van der Waals surface area (Å²) < 4.78 is 2.68. The van der Waals surface area contributed by atoms with Gasteiger partial charge in [0.05, 0.1) is 5.69 Å². The van der Waals surface area contributed by atoms with E-state index in [4.69, 9.17) is 0 Å². The van der Waals surface area contributed by atoms with Gasteiger partial charge in [-0.2, -0.15) is 5.10 Å². The quantitative estimate of drug-likeness (QED) is 0.811. The Balaban J connectivity index is 1.92. The first-order valence-electron chi connectivity index (χ1n) is 6.67. The Morgan fingerprint density at radius 3 is 2.50 bits per heavy atom. The van der Waals surface area contributed by atoms with Crippen molar-refractivity contribution in [2.45, 2.75) is 19.8 Å². The van der Waals surface area contributed by atoms with Crippen molar-refractivity contribution in [1.29, 1.82) is 0 Å². The number of nitrogens with one attached hydrogen (secondary N) is 2. The van der Waals surface area contributed by atoms with E-state index in [1.165, 1.54) is 0 Å². The van der Waals surface area contributed by atoms with Crippen LogP contribution in [0.1, 0.15) is 19.0 Å². The van der Waals surface area contributed by atoms with Crippen molar-refractivity contribution in [2.24, 2.45) is 7.05 Å². The SMILES string of the molecule is CCCNc1ncnc(NCCc2ccn(C)n2)c1Br. The summed E-state index contributed by atoms with van der Waals surface area (Å²) in [6.45, 7) is 3.79. The molecule has 0 radical (unpaired) electrons. The molecule has 6 nitrogen and oxygen atoms in total. The zero-order valence-electron chi connectivity index (χ0n) is 11.7. The standard InChI is InChI=1S/C13H19BrN6/c1-3-6-15-12-11(14)13(18-9-17-12)16-7-4-10-5-8-20(2)19-10/h5,8-9H,3-4,6-7H2,1-2H3,(H2,15,16,17,18). The Morgan fingerprint density at radius 2 is 1.90 bits per heavy atom. The number of hydrogen-bond acceptors (Lipinski definition) is 5. The first-order valence-corrected chi connectivity index (χ1v) is 7.46. The lowest BCUT2D eigenvalue weighted by Gasteiger charge is -2.10. The third-order valence-corrected chi connectivity index (χ3v) is 3.53. The summed E-state index contributed by atoms with van der Waals surface area (Å²) in [5, 5.41) is 10.9. The van der Waals surface area contributed by atoms with Crippen LogP contribution in [0, 0.1) is 0 Å². The molecule has 2 N–H and O–H groups in total. The number of anilines is 2. The topological polar surface area (TPSA) is 67.7 Å². The Hall–Kier alpha value is -1.63. The largest absolute Gasteiger partial charge is 0.369 e. The van der Waals surface area contributed by atoms with Gasteiger partial charge in [0, 0.05) is 32.8 Å². The number of aromatic nitrogens is 4. The molecule has 0 bridgehead atoms. The predicted molar refractivity (Wildman–Crippen MR) is 83.9 cm³/mol. The van der Waals surface area contributed by atoms with Crippen LogP contribution >= 0.6 is 15.9 Å². The highest BCUT2D eigenvalue weighted by Gasteiger charge is 2.07. The van der Waals surface area contributed by atoms with Crippen molar-refractivity contribution in [3.63, 3.8) is 0 Å². The second-order valence-electron chi connectivity index (χ2n) is 4.47. The van der Waals surface area contributed by atoms with Gasteiger partial charge in [-0.05, 0) is 28.4 Å². The molecule has 108 valence electrons. The van der Waals surface area contributed by atoms with Crippen molar-refractivity contribution in [3.8, 4) is 0 Å². The molecule has 0 unspecified atom stereocenters. The maximum Gasteiger partial charge on any atom is 0.145 e. The van der Waals surface area contributed by atoms with Crippen LogP contribution in [-0.4, -0.2) is 32.8 Å². The molecule has 0 aliphatic rings. The van der Waals surface area contributed by atoms with Crippen LogP contribution in [0.25, 0.3) is 0 Å². The van der Waals surface area contributed by atoms with E-state index in [9.17, 15) is 0 Å². The first kappa shape index (κ1) is 14.8. The molecule has 2 aromatic heterocycles. The monoisotopic (exact) mass is 338 g/mol. The van der Waals surface area contributed by atoms with Crippen molar-refractivity contribution < 1.29 is 0 Å². The first-order chi connectivity index (χ1) is 9.70. The summed E-state index contributed by atoms with van der Waals surface area (Å²) in [6, 6.07) is 2.02. The Morgan fingerprint density at radius 1 is 1.20 bits per heavy atom. The summed E-state index contributed by atoms with van der Waals surface area (Å²) in [4.78, 5) is 8.47. The maximum atomic E-state index is 4.34. The minimum atomic E-state index is 0.778. The van der Waals surface area contributed by atoms with Gasteiger partial charge in [0.15, 0.2) is 0 Å². The predicted octanol–water partition coefficient (Wildman–Crippen LogP) is 2.45. The van der Waals surface area contributed by atoms with Gasteiger partial charge >= 0.3 is 0 Å². The number of hydrogen-bond donors (Lipinski definition) is 2. The molecule has 0 amide bonds. The van der Waals surface area contributed by atoms with E-state index < -0.39 is 0 Å². The normalized spacial score (nSPS) is 10.6.